The van der Waals surface area contributed by atoms with Gasteiger partial charge in [0.05, 0.1) is 62.9 Å². The van der Waals surface area contributed by atoms with E-state index in [-0.39, 0.29) is 16.7 Å². The zero-order valence-electron chi connectivity index (χ0n) is 73.2. The summed E-state index contributed by atoms with van der Waals surface area (Å²) in [7, 11) is 0. The van der Waals surface area contributed by atoms with Crippen LogP contribution in [-0.4, -0.2) is 28.2 Å². The van der Waals surface area contributed by atoms with Crippen LogP contribution in [0.3, 0.4) is 0 Å². The third-order valence-electron chi connectivity index (χ3n) is 24.1. The third kappa shape index (κ3) is 16.6. The van der Waals surface area contributed by atoms with Gasteiger partial charge in [-0.15, -0.1) is 0 Å². The molecular formula is C121H83N9O3. The number of rotatable bonds is 6. The number of benzene rings is 19. The van der Waals surface area contributed by atoms with E-state index < -0.39 is 0 Å². The second kappa shape index (κ2) is 37.4. The fourth-order valence-electron chi connectivity index (χ4n) is 17.8. The predicted octanol–water partition coefficient (Wildman–Crippen LogP) is 29.1. The first-order chi connectivity index (χ1) is 65.3. The fraction of sp³-hybridized carbons (Fsp3) is 0.0331. The minimum Gasteiger partial charge on any atom is -0.268 e. The van der Waals surface area contributed by atoms with Gasteiger partial charge in [-0.25, -0.2) is 19.8 Å². The van der Waals surface area contributed by atoms with Crippen molar-refractivity contribution < 1.29 is 0 Å². The van der Waals surface area contributed by atoms with Gasteiger partial charge in [-0.1, -0.05) is 368 Å². The molecule has 0 radical (unpaired) electrons. The maximum atomic E-state index is 13.9. The van der Waals surface area contributed by atoms with Crippen LogP contribution >= 0.6 is 0 Å². The van der Waals surface area contributed by atoms with E-state index in [0.29, 0.717) is 83.0 Å². The summed E-state index contributed by atoms with van der Waals surface area (Å²) in [6, 6.07) is 147. The minimum absolute atomic E-state index is 0.102. The zero-order valence-corrected chi connectivity index (χ0v) is 73.2. The molecule has 12 nitrogen and oxygen atoms in total. The normalized spacial score (nSPS) is 10.9. The standard InChI is InChI=1S/3C31H17N3O.4C7H8/c1-32-21-12-17-26-27(18-21)34-30(33-26)24-15-13-22(19-8-4-2-5-9-19)28-23(20-10-6-3-7-11-20)14-16-25(29(24)28)31(34)35;2*32-18-19-11-16-27-26(17-19)33-30-24-14-12-22(20-7-3-1-4-8-20)28-23(21-9-5-2-6-10-21)13-15-25(29(24)28)31(35)34(27)30;4*1-7-5-3-2-4-6-7/h2-18H;2*1-17H;4*2-6H,1H3. The van der Waals surface area contributed by atoms with E-state index in [4.69, 9.17) is 21.5 Å². The molecule has 0 aliphatic rings. The molecular weight excluding hydrogens is 1630 g/mol. The van der Waals surface area contributed by atoms with Gasteiger partial charge in [0, 0.05) is 48.5 Å². The number of hydrogen-bond acceptors (Lipinski definition) is 8. The van der Waals surface area contributed by atoms with E-state index in [1.807, 2.05) is 206 Å². The summed E-state index contributed by atoms with van der Waals surface area (Å²) in [6.07, 6.45) is 0. The smallest absolute Gasteiger partial charge is 0.264 e. The first-order valence-electron chi connectivity index (χ1n) is 43.9. The van der Waals surface area contributed by atoms with Crippen molar-refractivity contribution in [1.82, 2.24) is 28.2 Å². The Balaban J connectivity index is 0.000000112. The molecule has 0 saturated carbocycles. The lowest BCUT2D eigenvalue weighted by Crippen LogP contribution is -2.13. The molecule has 12 heteroatoms. The van der Waals surface area contributed by atoms with E-state index in [2.05, 4.69) is 221 Å². The molecule has 0 aliphatic carbocycles. The second-order valence-electron chi connectivity index (χ2n) is 32.7. The number of imidazole rings is 3. The fourth-order valence-corrected chi connectivity index (χ4v) is 17.8. The number of aromatic nitrogens is 6. The summed E-state index contributed by atoms with van der Waals surface area (Å²) < 4.78 is 5.02. The van der Waals surface area contributed by atoms with Crippen molar-refractivity contribution in [3.05, 3.63) is 507 Å². The topological polar surface area (TPSA) is 155 Å². The molecule has 0 amide bonds. The number of nitrogens with zero attached hydrogens (tertiary/aromatic N) is 9. The van der Waals surface area contributed by atoms with Crippen LogP contribution in [0.15, 0.2) is 445 Å². The van der Waals surface area contributed by atoms with Crippen molar-refractivity contribution >= 4 is 120 Å². The van der Waals surface area contributed by atoms with Crippen molar-refractivity contribution in [3.63, 3.8) is 0 Å². The van der Waals surface area contributed by atoms with Gasteiger partial charge < -0.3 is 0 Å². The summed E-state index contributed by atoms with van der Waals surface area (Å²) in [5.74, 6) is 0. The van der Waals surface area contributed by atoms with Gasteiger partial charge in [0.25, 0.3) is 16.7 Å². The molecule has 0 spiro atoms. The molecule has 0 N–H and O–H groups in total. The SMILES string of the molecule is Cc1ccccc1.Cc1ccccc1.Cc1ccccc1.Cc1ccccc1.N#Cc1ccc2c(c1)nc1c3ccc(-c4ccccc4)c4c(-c5ccccc5)ccc(c(=O)n21)c43.N#Cc1ccc2c(c1)nc1c3ccc(-c4ccccc4)c4c(-c5ccccc5)ccc(c(=O)n21)c43.[C-]#[N+]c1ccc2nc3c4ccc(-c5ccccc5)c5c(-c6ccccc6)ccc(c(=O)n3c2c1)c54. The highest BCUT2D eigenvalue weighted by molar-refractivity contribution is 6.26. The number of pyridine rings is 3. The molecule has 133 heavy (non-hydrogen) atoms. The van der Waals surface area contributed by atoms with Crippen molar-refractivity contribution in [3.8, 4) is 78.9 Å². The Morgan fingerprint density at radius 1 is 0.241 bits per heavy atom. The molecule has 25 aromatic rings. The van der Waals surface area contributed by atoms with E-state index >= 15 is 0 Å². The lowest BCUT2D eigenvalue weighted by Gasteiger charge is -2.16. The second-order valence-corrected chi connectivity index (χ2v) is 32.7. The van der Waals surface area contributed by atoms with Crippen LogP contribution in [-0.2, 0) is 0 Å². The molecule has 0 aliphatic heterocycles. The van der Waals surface area contributed by atoms with Crippen LogP contribution < -0.4 is 16.7 Å². The van der Waals surface area contributed by atoms with Gasteiger partial charge in [-0.2, -0.15) is 10.5 Å². The summed E-state index contributed by atoms with van der Waals surface area (Å²) in [5.41, 5.74) is 25.5. The summed E-state index contributed by atoms with van der Waals surface area (Å²) >= 11 is 0. The van der Waals surface area contributed by atoms with E-state index in [1.54, 1.807) is 61.7 Å². The molecule has 0 saturated heterocycles. The summed E-state index contributed by atoms with van der Waals surface area (Å²) in [6.45, 7) is 15.7. The van der Waals surface area contributed by atoms with E-state index in [9.17, 15) is 24.9 Å². The molecule has 630 valence electrons. The number of hydrogen-bond donors (Lipinski definition) is 0. The minimum atomic E-state index is -0.119. The van der Waals surface area contributed by atoms with Crippen LogP contribution in [0.4, 0.5) is 5.69 Å². The van der Waals surface area contributed by atoms with Gasteiger partial charge in [0.1, 0.15) is 16.9 Å². The monoisotopic (exact) mass is 1710 g/mol. The first-order valence-corrected chi connectivity index (χ1v) is 43.9. The van der Waals surface area contributed by atoms with E-state index in [0.717, 1.165) is 115 Å². The highest BCUT2D eigenvalue weighted by atomic mass is 16.1. The van der Waals surface area contributed by atoms with Gasteiger partial charge in [-0.05, 0) is 196 Å². The zero-order chi connectivity index (χ0) is 91.0. The Morgan fingerprint density at radius 2 is 0.474 bits per heavy atom. The maximum absolute atomic E-state index is 13.9. The van der Waals surface area contributed by atoms with Gasteiger partial charge >= 0.3 is 0 Å². The molecule has 19 aromatic carbocycles. The largest absolute Gasteiger partial charge is 0.268 e. The Labute approximate surface area is 767 Å². The van der Waals surface area contributed by atoms with E-state index in [1.165, 1.54) is 22.3 Å². The third-order valence-corrected chi connectivity index (χ3v) is 24.1. The average molecular weight is 1710 g/mol. The van der Waals surface area contributed by atoms with Crippen molar-refractivity contribution in [2.45, 2.75) is 27.7 Å². The molecule has 0 bridgehead atoms. The number of nitriles is 2. The number of fused-ring (bicyclic) bond motifs is 12. The lowest BCUT2D eigenvalue weighted by molar-refractivity contribution is 1.19. The van der Waals surface area contributed by atoms with Crippen LogP contribution in [0, 0.1) is 56.9 Å². The molecule has 25 rings (SSSR count). The summed E-state index contributed by atoms with van der Waals surface area (Å²) in [5, 5.41) is 29.3. The maximum Gasteiger partial charge on any atom is 0.264 e. The molecule has 0 unspecified atom stereocenters. The average Bonchev–Trinajstić information content (AvgIpc) is 1.58. The molecule has 6 aromatic heterocycles. The Bertz CT molecular complexity index is 8150. The van der Waals surface area contributed by atoms with Crippen LogP contribution in [0.1, 0.15) is 33.4 Å². The Morgan fingerprint density at radius 3 is 0.707 bits per heavy atom. The lowest BCUT2D eigenvalue weighted by atomic mass is 9.88. The number of aryl methyl sites for hydroxylation is 4. The van der Waals surface area contributed by atoms with Crippen molar-refractivity contribution in [2.75, 3.05) is 0 Å². The molecule has 0 fully saturated rings. The van der Waals surface area contributed by atoms with Crippen LogP contribution in [0.5, 0.6) is 0 Å². The van der Waals surface area contributed by atoms with Gasteiger partial charge in [0.15, 0.2) is 5.69 Å². The van der Waals surface area contributed by atoms with Crippen LogP contribution in [0.2, 0.25) is 0 Å². The Kier molecular flexibility index (Phi) is 23.7. The molecule has 0 atom stereocenters. The van der Waals surface area contributed by atoms with Crippen molar-refractivity contribution in [1.29, 1.82) is 10.5 Å². The summed E-state index contributed by atoms with van der Waals surface area (Å²) in [4.78, 5) is 59.7. The van der Waals surface area contributed by atoms with Gasteiger partial charge in [0.2, 0.25) is 0 Å². The first kappa shape index (κ1) is 84.3. The predicted molar refractivity (Wildman–Crippen MR) is 549 cm³/mol. The quantitative estimate of drug-likeness (QED) is 0.149. The highest BCUT2D eigenvalue weighted by Gasteiger charge is 2.26. The highest BCUT2D eigenvalue weighted by Crippen LogP contribution is 2.46. The van der Waals surface area contributed by atoms with Crippen LogP contribution in [0.25, 0.3) is 186 Å². The van der Waals surface area contributed by atoms with Crippen molar-refractivity contribution in [2.24, 2.45) is 0 Å². The molecule has 6 heterocycles. The Hall–Kier alpha value is -18.2. The van der Waals surface area contributed by atoms with Gasteiger partial charge in [-0.3, -0.25) is 27.6 Å².